The lowest BCUT2D eigenvalue weighted by molar-refractivity contribution is -0.115. The Kier molecular flexibility index (Phi) is 5.34. The van der Waals surface area contributed by atoms with E-state index in [0.717, 1.165) is 22.7 Å². The summed E-state index contributed by atoms with van der Waals surface area (Å²) in [7, 11) is 1.62. The minimum absolute atomic E-state index is 0.222. The van der Waals surface area contributed by atoms with Crippen molar-refractivity contribution >= 4 is 46.2 Å². The summed E-state index contributed by atoms with van der Waals surface area (Å²) in [5.41, 5.74) is 3.64. The van der Waals surface area contributed by atoms with Crippen LogP contribution in [0.25, 0.3) is 0 Å². The van der Waals surface area contributed by atoms with Gasteiger partial charge in [-0.3, -0.25) is 14.6 Å². The van der Waals surface area contributed by atoms with Gasteiger partial charge in [0, 0.05) is 29.1 Å². The molecule has 0 radical (unpaired) electrons. The Morgan fingerprint density at radius 3 is 2.11 bits per heavy atom. The third kappa shape index (κ3) is 3.52. The molecule has 4 heterocycles. The number of amides is 1. The molecule has 2 aromatic carbocycles. The number of nitrogens with zero attached hydrogens (tertiary/aromatic N) is 5. The largest absolute Gasteiger partial charge is 0.497 e. The third-order valence-corrected chi connectivity index (χ3v) is 6.98. The number of carbonyl (C=O) groups excluding carboxylic acids is 1. The number of hydrogen-bond donors (Lipinski definition) is 0. The molecule has 2 aliphatic rings. The Balaban J connectivity index is 1.62. The van der Waals surface area contributed by atoms with E-state index in [1.807, 2.05) is 67.3 Å². The summed E-state index contributed by atoms with van der Waals surface area (Å²) in [4.78, 5) is 19.7. The van der Waals surface area contributed by atoms with Gasteiger partial charge in [-0.05, 0) is 63.3 Å². The predicted molar refractivity (Wildman–Crippen MR) is 142 cm³/mol. The van der Waals surface area contributed by atoms with E-state index in [2.05, 4.69) is 10.3 Å². The van der Waals surface area contributed by atoms with Crippen LogP contribution in [0.15, 0.2) is 81.0 Å². The van der Waals surface area contributed by atoms with Gasteiger partial charge in [-0.2, -0.15) is 0 Å². The number of methoxy groups -OCH3 is 1. The Morgan fingerprint density at radius 1 is 0.892 bits per heavy atom. The van der Waals surface area contributed by atoms with Crippen LogP contribution < -0.4 is 19.4 Å². The Hall–Kier alpha value is -4.44. The Labute approximate surface area is 218 Å². The van der Waals surface area contributed by atoms with Crippen molar-refractivity contribution in [2.75, 3.05) is 21.8 Å². The maximum Gasteiger partial charge on any atom is 0.264 e. The molecule has 186 valence electrons. The van der Waals surface area contributed by atoms with E-state index >= 15 is 0 Å². The number of aryl methyl sites for hydroxylation is 2. The summed E-state index contributed by atoms with van der Waals surface area (Å²) >= 11 is 6.07. The second kappa shape index (κ2) is 8.59. The zero-order valence-electron chi connectivity index (χ0n) is 20.6. The van der Waals surface area contributed by atoms with E-state index in [9.17, 15) is 4.79 Å². The van der Waals surface area contributed by atoms with E-state index in [1.165, 1.54) is 0 Å². The molecule has 37 heavy (non-hydrogen) atoms. The van der Waals surface area contributed by atoms with Crippen molar-refractivity contribution in [3.05, 3.63) is 89.0 Å². The molecular weight excluding hydrogens is 490 g/mol. The molecule has 0 saturated carbocycles. The molecule has 4 aromatic rings. The van der Waals surface area contributed by atoms with Crippen LogP contribution in [0.2, 0.25) is 0 Å². The number of benzene rings is 2. The average Bonchev–Trinajstić information content (AvgIpc) is 3.52. The van der Waals surface area contributed by atoms with Gasteiger partial charge in [-0.1, -0.05) is 28.5 Å². The summed E-state index contributed by atoms with van der Waals surface area (Å²) in [6.07, 6.45) is 0. The van der Waals surface area contributed by atoms with E-state index in [-0.39, 0.29) is 5.91 Å². The number of thiocarbonyl (C=S) groups is 1. The van der Waals surface area contributed by atoms with Gasteiger partial charge in [0.15, 0.2) is 16.7 Å². The van der Waals surface area contributed by atoms with Gasteiger partial charge < -0.3 is 18.7 Å². The van der Waals surface area contributed by atoms with Crippen molar-refractivity contribution < 1.29 is 18.6 Å². The number of allylic oxidation sites excluding steroid dienone is 1. The molecule has 2 aliphatic heterocycles. The second-order valence-corrected chi connectivity index (χ2v) is 9.24. The standard InChI is InChI=1S/C27H23N5O4S/c1-15-13-22(28-35-15)30-17(3)24-25(31(27(30)37)18-9-11-19(34-4)12-10-18)20-7-5-6-8-21(20)32(26(24)33)23-14-16(2)36-29-23/h5-14,25H,1-4H3. The van der Waals surface area contributed by atoms with Crippen molar-refractivity contribution in [1.29, 1.82) is 0 Å². The molecule has 6 rings (SSSR count). The lowest BCUT2D eigenvalue weighted by Gasteiger charge is -2.48. The average molecular weight is 514 g/mol. The summed E-state index contributed by atoms with van der Waals surface area (Å²) in [6, 6.07) is 18.4. The second-order valence-electron chi connectivity index (χ2n) is 8.88. The number of para-hydroxylation sites is 1. The number of hydrogen-bond acceptors (Lipinski definition) is 7. The van der Waals surface area contributed by atoms with Crippen LogP contribution >= 0.6 is 12.2 Å². The van der Waals surface area contributed by atoms with E-state index < -0.39 is 6.04 Å². The molecule has 0 fully saturated rings. The van der Waals surface area contributed by atoms with E-state index in [4.69, 9.17) is 26.0 Å². The highest BCUT2D eigenvalue weighted by Gasteiger charge is 2.48. The first kappa shape index (κ1) is 23.0. The Morgan fingerprint density at radius 2 is 1.51 bits per heavy atom. The quantitative estimate of drug-likeness (QED) is 0.324. The lowest BCUT2D eigenvalue weighted by Crippen LogP contribution is -2.54. The van der Waals surface area contributed by atoms with Gasteiger partial charge in [-0.15, -0.1) is 0 Å². The zero-order valence-corrected chi connectivity index (χ0v) is 21.4. The predicted octanol–water partition coefficient (Wildman–Crippen LogP) is 5.59. The van der Waals surface area contributed by atoms with Crippen molar-refractivity contribution in [1.82, 2.24) is 10.3 Å². The van der Waals surface area contributed by atoms with Crippen molar-refractivity contribution in [3.8, 4) is 5.75 Å². The number of anilines is 4. The van der Waals surface area contributed by atoms with Gasteiger partial charge >= 0.3 is 0 Å². The highest BCUT2D eigenvalue weighted by atomic mass is 32.1. The number of rotatable bonds is 4. The SMILES string of the molecule is COc1ccc(N2C(=S)N(c3cc(C)on3)C(C)=C3C(=O)N(c4cc(C)on4)c4ccccc4C32)cc1. The highest BCUT2D eigenvalue weighted by molar-refractivity contribution is 7.80. The molecule has 0 N–H and O–H groups in total. The summed E-state index contributed by atoms with van der Waals surface area (Å²) in [6.45, 7) is 5.48. The third-order valence-electron chi connectivity index (χ3n) is 6.60. The first-order chi connectivity index (χ1) is 17.9. The minimum Gasteiger partial charge on any atom is -0.497 e. The minimum atomic E-state index is -0.474. The molecule has 0 spiro atoms. The van der Waals surface area contributed by atoms with Gasteiger partial charge in [0.25, 0.3) is 5.91 Å². The monoisotopic (exact) mass is 513 g/mol. The Bertz CT molecular complexity index is 1570. The van der Waals surface area contributed by atoms with Gasteiger partial charge in [0.05, 0.1) is 24.4 Å². The first-order valence-corrected chi connectivity index (χ1v) is 12.1. The molecule has 0 saturated heterocycles. The molecule has 1 amide bonds. The molecule has 1 atom stereocenters. The van der Waals surface area contributed by atoms with Crippen LogP contribution in [0.5, 0.6) is 5.75 Å². The number of aromatic nitrogens is 2. The fourth-order valence-corrected chi connectivity index (χ4v) is 5.39. The smallest absolute Gasteiger partial charge is 0.264 e. The van der Waals surface area contributed by atoms with Gasteiger partial charge in [-0.25, -0.2) is 0 Å². The molecule has 0 aliphatic carbocycles. The summed E-state index contributed by atoms with van der Waals surface area (Å²) < 4.78 is 16.1. The molecule has 0 bridgehead atoms. The fraction of sp³-hybridized carbons (Fsp3) is 0.185. The molecule has 9 nitrogen and oxygen atoms in total. The van der Waals surface area contributed by atoms with E-state index in [0.29, 0.717) is 39.5 Å². The summed E-state index contributed by atoms with van der Waals surface area (Å²) in [5.74, 6) is 2.66. The number of carbonyl (C=O) groups is 1. The highest BCUT2D eigenvalue weighted by Crippen LogP contribution is 2.50. The number of ether oxygens (including phenoxy) is 1. The van der Waals surface area contributed by atoms with Crippen molar-refractivity contribution in [2.24, 2.45) is 0 Å². The van der Waals surface area contributed by atoms with Crippen LogP contribution in [-0.4, -0.2) is 28.4 Å². The van der Waals surface area contributed by atoms with Crippen LogP contribution in [0.1, 0.15) is 30.0 Å². The molecule has 10 heteroatoms. The van der Waals surface area contributed by atoms with Gasteiger partial charge in [0.1, 0.15) is 17.3 Å². The molecular formula is C27H23N5O4S. The van der Waals surface area contributed by atoms with Crippen molar-refractivity contribution in [2.45, 2.75) is 26.8 Å². The maximum atomic E-state index is 14.3. The normalized spacial score (nSPS) is 17.3. The van der Waals surface area contributed by atoms with Crippen LogP contribution in [0.4, 0.5) is 23.0 Å². The number of fused-ring (bicyclic) bond motifs is 3. The van der Waals surface area contributed by atoms with Crippen LogP contribution in [-0.2, 0) is 4.79 Å². The van der Waals surface area contributed by atoms with E-state index in [1.54, 1.807) is 36.0 Å². The first-order valence-electron chi connectivity index (χ1n) is 11.7. The van der Waals surface area contributed by atoms with Crippen molar-refractivity contribution in [3.63, 3.8) is 0 Å². The topological polar surface area (TPSA) is 88.1 Å². The lowest BCUT2D eigenvalue weighted by atomic mass is 9.86. The zero-order chi connectivity index (χ0) is 25.8. The van der Waals surface area contributed by atoms with Gasteiger partial charge in [0.2, 0.25) is 0 Å². The van der Waals surface area contributed by atoms with Crippen LogP contribution in [0.3, 0.4) is 0 Å². The van der Waals surface area contributed by atoms with Crippen LogP contribution in [0, 0.1) is 13.8 Å². The summed E-state index contributed by atoms with van der Waals surface area (Å²) in [5, 5.41) is 8.84. The molecule has 1 unspecified atom stereocenters. The maximum absolute atomic E-state index is 14.3. The molecule has 2 aromatic heterocycles. The fourth-order valence-electron chi connectivity index (χ4n) is 4.94.